The Kier molecular flexibility index (Phi) is 6.09. The van der Waals surface area contributed by atoms with Crippen LogP contribution in [0.25, 0.3) is 0 Å². The molecule has 1 aromatic heterocycles. The number of nitrogens with one attached hydrogen (secondary N) is 1. The van der Waals surface area contributed by atoms with E-state index in [1.54, 1.807) is 25.1 Å². The number of carbonyl (C=O) groups excluding carboxylic acids is 1. The molecule has 3 rings (SSSR count). The minimum absolute atomic E-state index is 0.0339. The summed E-state index contributed by atoms with van der Waals surface area (Å²) in [5.74, 6) is 0.772. The smallest absolute Gasteiger partial charge is 0.226 e. The zero-order valence-corrected chi connectivity index (χ0v) is 15.4. The predicted octanol–water partition coefficient (Wildman–Crippen LogP) is 4.87. The molecule has 0 bridgehead atoms. The van der Waals surface area contributed by atoms with Crippen molar-refractivity contribution < 1.29 is 9.53 Å². The highest BCUT2D eigenvalue weighted by molar-refractivity contribution is 8.01. The first-order valence-electron chi connectivity index (χ1n) is 7.84. The maximum atomic E-state index is 12.1. The summed E-state index contributed by atoms with van der Waals surface area (Å²) in [4.78, 5) is 17.6. The fourth-order valence-corrected chi connectivity index (χ4v) is 4.13. The maximum Gasteiger partial charge on any atom is 0.226 e. The molecule has 0 saturated carbocycles. The maximum absolute atomic E-state index is 12.1. The van der Waals surface area contributed by atoms with Crippen LogP contribution < -0.4 is 10.1 Å². The Morgan fingerprint density at radius 3 is 2.84 bits per heavy atom. The molecule has 0 saturated heterocycles. The molecule has 0 fully saturated rings. The van der Waals surface area contributed by atoms with Gasteiger partial charge in [0.25, 0.3) is 0 Å². The largest absolute Gasteiger partial charge is 0.497 e. The number of ether oxygens (including phenoxy) is 1. The van der Waals surface area contributed by atoms with E-state index in [1.165, 1.54) is 11.3 Å². The van der Waals surface area contributed by atoms with Gasteiger partial charge in [-0.3, -0.25) is 4.79 Å². The van der Waals surface area contributed by atoms with E-state index in [-0.39, 0.29) is 5.91 Å². The number of hydrogen-bond donors (Lipinski definition) is 1. The third kappa shape index (κ3) is 5.34. The summed E-state index contributed by atoms with van der Waals surface area (Å²) in [5, 5.41) is 3.50. The summed E-state index contributed by atoms with van der Waals surface area (Å²) >= 11 is 3.12. The number of rotatable bonds is 7. The van der Waals surface area contributed by atoms with Crippen LogP contribution in [0.15, 0.2) is 69.9 Å². The Hall–Kier alpha value is -2.31. The number of anilines is 1. The van der Waals surface area contributed by atoms with E-state index in [1.807, 2.05) is 42.5 Å². The average molecular weight is 370 g/mol. The fraction of sp³-hybridized carbons (Fsp3) is 0.158. The third-order valence-corrected chi connectivity index (χ3v) is 5.49. The first-order chi connectivity index (χ1) is 12.2. The Labute approximate surface area is 155 Å². The monoisotopic (exact) mass is 370 g/mol. The Bertz CT molecular complexity index is 834. The molecule has 1 amide bonds. The minimum Gasteiger partial charge on any atom is -0.497 e. The molecular weight excluding hydrogens is 352 g/mol. The van der Waals surface area contributed by atoms with Gasteiger partial charge in [0.2, 0.25) is 5.91 Å². The van der Waals surface area contributed by atoms with E-state index in [0.717, 1.165) is 20.4 Å². The summed E-state index contributed by atoms with van der Waals surface area (Å²) in [5.41, 5.74) is 1.08. The average Bonchev–Trinajstić information content (AvgIpc) is 3.08. The number of benzene rings is 2. The molecule has 0 aliphatic heterocycles. The Morgan fingerprint density at radius 1 is 1.20 bits per heavy atom. The lowest BCUT2D eigenvalue weighted by atomic mass is 10.1. The molecule has 1 N–H and O–H groups in total. The van der Waals surface area contributed by atoms with Crippen molar-refractivity contribution in [1.29, 1.82) is 0 Å². The van der Waals surface area contributed by atoms with Crippen LogP contribution >= 0.6 is 23.1 Å². The zero-order valence-electron chi connectivity index (χ0n) is 13.8. The van der Waals surface area contributed by atoms with Gasteiger partial charge in [0.05, 0.1) is 17.5 Å². The molecule has 0 radical (unpaired) electrons. The van der Waals surface area contributed by atoms with Crippen molar-refractivity contribution in [3.8, 4) is 5.75 Å². The summed E-state index contributed by atoms with van der Waals surface area (Å²) in [6, 6.07) is 17.9. The summed E-state index contributed by atoms with van der Waals surface area (Å²) in [6.45, 7) is 0. The molecule has 0 spiro atoms. The van der Waals surface area contributed by atoms with E-state index < -0.39 is 0 Å². The fourth-order valence-electron chi connectivity index (χ4n) is 2.24. The number of aryl methyl sites for hydroxylation is 1. The summed E-state index contributed by atoms with van der Waals surface area (Å²) in [6.07, 6.45) is 2.87. The molecule has 1 heterocycles. The van der Waals surface area contributed by atoms with Crippen LogP contribution in [0.5, 0.6) is 5.75 Å². The molecular formula is C19H18N2O2S2. The molecule has 0 unspecified atom stereocenters. The van der Waals surface area contributed by atoms with Gasteiger partial charge in [-0.2, -0.15) is 0 Å². The van der Waals surface area contributed by atoms with Gasteiger partial charge in [-0.1, -0.05) is 53.4 Å². The molecule has 128 valence electrons. The van der Waals surface area contributed by atoms with E-state index in [9.17, 15) is 4.79 Å². The molecule has 6 heteroatoms. The van der Waals surface area contributed by atoms with Crippen molar-refractivity contribution in [2.24, 2.45) is 0 Å². The van der Waals surface area contributed by atoms with Gasteiger partial charge in [0.15, 0.2) is 5.13 Å². The van der Waals surface area contributed by atoms with Crippen molar-refractivity contribution in [3.05, 3.63) is 66.4 Å². The van der Waals surface area contributed by atoms with Crippen LogP contribution in [0, 0.1) is 0 Å². The van der Waals surface area contributed by atoms with Crippen molar-refractivity contribution in [2.75, 3.05) is 12.4 Å². The van der Waals surface area contributed by atoms with Gasteiger partial charge in [-0.15, -0.1) is 0 Å². The molecule has 2 aromatic carbocycles. The topological polar surface area (TPSA) is 51.2 Å². The quantitative estimate of drug-likeness (QED) is 0.644. The number of hydrogen-bond acceptors (Lipinski definition) is 5. The molecule has 0 atom stereocenters. The summed E-state index contributed by atoms with van der Waals surface area (Å²) in [7, 11) is 1.64. The van der Waals surface area contributed by atoms with E-state index >= 15 is 0 Å². The van der Waals surface area contributed by atoms with Gasteiger partial charge in [0, 0.05) is 11.3 Å². The van der Waals surface area contributed by atoms with Gasteiger partial charge in [-0.25, -0.2) is 4.98 Å². The number of nitrogens with zero attached hydrogens (tertiary/aromatic N) is 1. The first kappa shape index (κ1) is 17.5. The number of thiazole rings is 1. The van der Waals surface area contributed by atoms with Gasteiger partial charge in [-0.05, 0) is 36.2 Å². The zero-order chi connectivity index (χ0) is 17.5. The summed E-state index contributed by atoms with van der Waals surface area (Å²) < 4.78 is 6.25. The second-order valence-electron chi connectivity index (χ2n) is 5.30. The molecule has 0 aliphatic rings. The highest BCUT2D eigenvalue weighted by Gasteiger charge is 2.08. The minimum atomic E-state index is -0.0339. The lowest BCUT2D eigenvalue weighted by molar-refractivity contribution is -0.116. The van der Waals surface area contributed by atoms with Crippen molar-refractivity contribution in [1.82, 2.24) is 4.98 Å². The Balaban J connectivity index is 1.51. The predicted molar refractivity (Wildman–Crippen MR) is 103 cm³/mol. The first-order valence-corrected chi connectivity index (χ1v) is 9.48. The van der Waals surface area contributed by atoms with E-state index in [4.69, 9.17) is 4.74 Å². The number of aromatic nitrogens is 1. The third-order valence-electron chi connectivity index (χ3n) is 3.47. The lowest BCUT2D eigenvalue weighted by Crippen LogP contribution is -2.12. The van der Waals surface area contributed by atoms with Gasteiger partial charge in [0.1, 0.15) is 5.75 Å². The van der Waals surface area contributed by atoms with Crippen molar-refractivity contribution >= 4 is 34.1 Å². The number of carbonyl (C=O) groups is 1. The normalized spacial score (nSPS) is 10.4. The standard InChI is InChI=1S/C19H18N2O2S2/c1-23-15-7-5-6-14(12-15)10-11-17(22)21-19-20-13-18(25-19)24-16-8-3-2-4-9-16/h2-9,12-13H,10-11H2,1H3,(H,20,21,22). The highest BCUT2D eigenvalue weighted by atomic mass is 32.2. The second-order valence-corrected chi connectivity index (χ2v) is 7.70. The number of methoxy groups -OCH3 is 1. The van der Waals surface area contributed by atoms with Gasteiger partial charge >= 0.3 is 0 Å². The van der Waals surface area contributed by atoms with Crippen LogP contribution in [0.2, 0.25) is 0 Å². The SMILES string of the molecule is COc1cccc(CCC(=O)Nc2ncc(Sc3ccccc3)s2)c1. The molecule has 4 nitrogen and oxygen atoms in total. The van der Waals surface area contributed by atoms with E-state index in [0.29, 0.717) is 18.0 Å². The molecule has 0 aliphatic carbocycles. The van der Waals surface area contributed by atoms with E-state index in [2.05, 4.69) is 22.4 Å². The van der Waals surface area contributed by atoms with Crippen LogP contribution in [-0.4, -0.2) is 18.0 Å². The van der Waals surface area contributed by atoms with Crippen molar-refractivity contribution in [3.63, 3.8) is 0 Å². The van der Waals surface area contributed by atoms with Crippen LogP contribution in [0.3, 0.4) is 0 Å². The van der Waals surface area contributed by atoms with Crippen molar-refractivity contribution in [2.45, 2.75) is 21.9 Å². The molecule has 25 heavy (non-hydrogen) atoms. The van der Waals surface area contributed by atoms with Crippen LogP contribution in [-0.2, 0) is 11.2 Å². The second kappa shape index (κ2) is 8.69. The highest BCUT2D eigenvalue weighted by Crippen LogP contribution is 2.33. The van der Waals surface area contributed by atoms with Crippen LogP contribution in [0.1, 0.15) is 12.0 Å². The Morgan fingerprint density at radius 2 is 2.04 bits per heavy atom. The van der Waals surface area contributed by atoms with Gasteiger partial charge < -0.3 is 10.1 Å². The lowest BCUT2D eigenvalue weighted by Gasteiger charge is -2.04. The molecule has 3 aromatic rings. The number of amides is 1. The van der Waals surface area contributed by atoms with Crippen LogP contribution in [0.4, 0.5) is 5.13 Å².